The summed E-state index contributed by atoms with van der Waals surface area (Å²) >= 11 is 0. The van der Waals surface area contributed by atoms with Gasteiger partial charge in [-0.2, -0.15) is 5.10 Å². The Morgan fingerprint density at radius 1 is 1.15 bits per heavy atom. The highest BCUT2D eigenvalue weighted by molar-refractivity contribution is 5.95. The number of benzene rings is 2. The molecule has 3 aromatic heterocycles. The number of nitrogens with two attached hydrogens (primary N) is 1. The van der Waals surface area contributed by atoms with Gasteiger partial charge in [-0.15, -0.1) is 0 Å². The quantitative estimate of drug-likeness (QED) is 0.410. The first-order valence-corrected chi connectivity index (χ1v) is 10.7. The van der Waals surface area contributed by atoms with Crippen LogP contribution in [0.15, 0.2) is 67.6 Å². The highest BCUT2D eigenvalue weighted by Crippen LogP contribution is 2.36. The zero-order valence-electron chi connectivity index (χ0n) is 17.8. The molecule has 33 heavy (non-hydrogen) atoms. The molecule has 1 aliphatic carbocycles. The maximum absolute atomic E-state index is 14.5. The lowest BCUT2D eigenvalue weighted by Gasteiger charge is -2.10. The standard InChI is InChI=1S/C25H21FN6O/c1-2-9-33-21-13-20-17(12-19(21)26)7-8-31(20)25-22-23(27)28-14-29-24(22)32(30-25)18-10-15-5-3-4-6-16(15)11-18/h2-8,12-14,18H,1,9-11H2,(H2,27,28,29). The molecule has 0 atom stereocenters. The first-order valence-electron chi connectivity index (χ1n) is 10.7. The summed E-state index contributed by atoms with van der Waals surface area (Å²) in [5, 5.41) is 6.37. The van der Waals surface area contributed by atoms with Gasteiger partial charge in [0, 0.05) is 17.6 Å². The molecule has 0 fully saturated rings. The third-order valence-electron chi connectivity index (χ3n) is 6.20. The van der Waals surface area contributed by atoms with Gasteiger partial charge in [0.1, 0.15) is 24.1 Å². The summed E-state index contributed by atoms with van der Waals surface area (Å²) in [6.07, 6.45) is 6.63. The van der Waals surface area contributed by atoms with Crippen LogP contribution in [-0.2, 0) is 12.8 Å². The molecule has 0 saturated carbocycles. The molecule has 0 radical (unpaired) electrons. The zero-order valence-corrected chi connectivity index (χ0v) is 17.8. The summed E-state index contributed by atoms with van der Waals surface area (Å²) in [7, 11) is 0. The number of nitrogens with zero attached hydrogens (tertiary/aromatic N) is 5. The predicted octanol–water partition coefficient (Wildman–Crippen LogP) is 4.40. The Morgan fingerprint density at radius 2 is 1.94 bits per heavy atom. The summed E-state index contributed by atoms with van der Waals surface area (Å²) in [6.45, 7) is 3.84. The van der Waals surface area contributed by atoms with Gasteiger partial charge in [0.25, 0.3) is 0 Å². The first kappa shape index (κ1) is 19.5. The molecule has 8 heteroatoms. The normalized spacial score (nSPS) is 13.6. The lowest BCUT2D eigenvalue weighted by atomic mass is 10.1. The molecule has 0 spiro atoms. The van der Waals surface area contributed by atoms with Crippen LogP contribution in [-0.4, -0.2) is 30.9 Å². The van der Waals surface area contributed by atoms with Crippen LogP contribution in [0.2, 0.25) is 0 Å². The molecular formula is C25H21FN6O. The number of fused-ring (bicyclic) bond motifs is 3. The van der Waals surface area contributed by atoms with Gasteiger partial charge in [-0.3, -0.25) is 4.57 Å². The average molecular weight is 440 g/mol. The van der Waals surface area contributed by atoms with Crippen LogP contribution in [0.25, 0.3) is 27.8 Å². The Balaban J connectivity index is 1.53. The minimum Gasteiger partial charge on any atom is -0.486 e. The van der Waals surface area contributed by atoms with Gasteiger partial charge >= 0.3 is 0 Å². The largest absolute Gasteiger partial charge is 0.486 e. The second-order valence-electron chi connectivity index (χ2n) is 8.18. The zero-order chi connectivity index (χ0) is 22.5. The van der Waals surface area contributed by atoms with Crippen molar-refractivity contribution in [2.24, 2.45) is 0 Å². The van der Waals surface area contributed by atoms with Crippen molar-refractivity contribution in [3.63, 3.8) is 0 Å². The van der Waals surface area contributed by atoms with E-state index in [0.29, 0.717) is 22.7 Å². The van der Waals surface area contributed by atoms with Gasteiger partial charge < -0.3 is 10.5 Å². The Bertz CT molecular complexity index is 1510. The minimum absolute atomic E-state index is 0.124. The van der Waals surface area contributed by atoms with Gasteiger partial charge in [-0.25, -0.2) is 19.0 Å². The fraction of sp³-hybridized carbons (Fsp3) is 0.160. The van der Waals surface area contributed by atoms with Gasteiger partial charge in [-0.05, 0) is 36.1 Å². The van der Waals surface area contributed by atoms with Crippen molar-refractivity contribution in [1.29, 1.82) is 0 Å². The SMILES string of the molecule is C=CCOc1cc2c(ccn2-c2nn(C3Cc4ccccc4C3)c3ncnc(N)c23)cc1F. The molecular weight excluding hydrogens is 419 g/mol. The third-order valence-corrected chi connectivity index (χ3v) is 6.20. The van der Waals surface area contributed by atoms with E-state index in [1.165, 1.54) is 23.5 Å². The van der Waals surface area contributed by atoms with Crippen LogP contribution in [0, 0.1) is 5.82 Å². The van der Waals surface area contributed by atoms with Gasteiger partial charge in [-0.1, -0.05) is 36.9 Å². The number of halogens is 1. The third kappa shape index (κ3) is 3.06. The summed E-state index contributed by atoms with van der Waals surface area (Å²) in [5.41, 5.74) is 10.4. The summed E-state index contributed by atoms with van der Waals surface area (Å²) < 4.78 is 23.8. The lowest BCUT2D eigenvalue weighted by Crippen LogP contribution is -2.12. The summed E-state index contributed by atoms with van der Waals surface area (Å²) in [5.74, 6) is 0.685. The van der Waals surface area contributed by atoms with E-state index in [1.54, 1.807) is 12.1 Å². The maximum Gasteiger partial charge on any atom is 0.172 e. The Labute approximate surface area is 188 Å². The van der Waals surface area contributed by atoms with E-state index in [9.17, 15) is 4.39 Å². The fourth-order valence-electron chi connectivity index (χ4n) is 4.69. The van der Waals surface area contributed by atoms with E-state index in [2.05, 4.69) is 40.8 Å². The lowest BCUT2D eigenvalue weighted by molar-refractivity contribution is 0.342. The molecule has 0 bridgehead atoms. The molecule has 0 saturated heterocycles. The smallest absolute Gasteiger partial charge is 0.172 e. The van der Waals surface area contributed by atoms with Crippen molar-refractivity contribution in [2.45, 2.75) is 18.9 Å². The number of aromatic nitrogens is 5. The molecule has 0 unspecified atom stereocenters. The number of nitrogen functional groups attached to an aromatic ring is 1. The van der Waals surface area contributed by atoms with Gasteiger partial charge in [0.2, 0.25) is 0 Å². The van der Waals surface area contributed by atoms with E-state index >= 15 is 0 Å². The summed E-state index contributed by atoms with van der Waals surface area (Å²) in [6, 6.07) is 13.5. The van der Waals surface area contributed by atoms with Crippen molar-refractivity contribution in [2.75, 3.05) is 12.3 Å². The number of anilines is 1. The van der Waals surface area contributed by atoms with Crippen molar-refractivity contribution in [3.8, 4) is 11.6 Å². The topological polar surface area (TPSA) is 83.8 Å². The number of ether oxygens (including phenoxy) is 1. The van der Waals surface area contributed by atoms with E-state index < -0.39 is 5.82 Å². The minimum atomic E-state index is -0.427. The average Bonchev–Trinajstić information content (AvgIpc) is 3.52. The summed E-state index contributed by atoms with van der Waals surface area (Å²) in [4.78, 5) is 8.75. The molecule has 0 aliphatic heterocycles. The number of rotatable bonds is 5. The first-order chi connectivity index (χ1) is 16.1. The highest BCUT2D eigenvalue weighted by Gasteiger charge is 2.28. The van der Waals surface area contributed by atoms with Crippen molar-refractivity contribution >= 4 is 27.8 Å². The highest BCUT2D eigenvalue weighted by atomic mass is 19.1. The van der Waals surface area contributed by atoms with Gasteiger partial charge in [0.15, 0.2) is 23.0 Å². The maximum atomic E-state index is 14.5. The van der Waals surface area contributed by atoms with Crippen LogP contribution >= 0.6 is 0 Å². The Hall–Kier alpha value is -4.20. The number of hydrogen-bond donors (Lipinski definition) is 1. The van der Waals surface area contributed by atoms with Crippen LogP contribution in [0.4, 0.5) is 10.2 Å². The van der Waals surface area contributed by atoms with Crippen LogP contribution in [0.3, 0.4) is 0 Å². The van der Waals surface area contributed by atoms with Crippen LogP contribution in [0.1, 0.15) is 17.2 Å². The molecule has 2 N–H and O–H groups in total. The molecule has 5 aromatic rings. The van der Waals surface area contributed by atoms with Crippen molar-refractivity contribution < 1.29 is 9.13 Å². The molecule has 6 rings (SSSR count). The molecule has 0 amide bonds. The monoisotopic (exact) mass is 440 g/mol. The van der Waals surface area contributed by atoms with Crippen molar-refractivity contribution in [1.82, 2.24) is 24.3 Å². The molecule has 2 aromatic carbocycles. The van der Waals surface area contributed by atoms with E-state index in [0.717, 1.165) is 23.7 Å². The van der Waals surface area contributed by atoms with Crippen LogP contribution < -0.4 is 10.5 Å². The van der Waals surface area contributed by atoms with Crippen LogP contribution in [0.5, 0.6) is 5.75 Å². The Kier molecular flexibility index (Phi) is 4.39. The second kappa shape index (κ2) is 7.44. The number of hydrogen-bond acceptors (Lipinski definition) is 5. The van der Waals surface area contributed by atoms with E-state index in [-0.39, 0.29) is 18.4 Å². The predicted molar refractivity (Wildman–Crippen MR) is 125 cm³/mol. The Morgan fingerprint density at radius 3 is 2.70 bits per heavy atom. The molecule has 164 valence electrons. The fourth-order valence-corrected chi connectivity index (χ4v) is 4.69. The molecule has 7 nitrogen and oxygen atoms in total. The van der Waals surface area contributed by atoms with Gasteiger partial charge in [0.05, 0.1) is 11.6 Å². The molecule has 1 aliphatic rings. The van der Waals surface area contributed by atoms with Crippen molar-refractivity contribution in [3.05, 3.63) is 84.6 Å². The molecule has 3 heterocycles. The van der Waals surface area contributed by atoms with E-state index in [1.807, 2.05) is 21.5 Å². The van der Waals surface area contributed by atoms with E-state index in [4.69, 9.17) is 15.6 Å². The second-order valence-corrected chi connectivity index (χ2v) is 8.18.